The lowest BCUT2D eigenvalue weighted by Gasteiger charge is -2.25. The van der Waals surface area contributed by atoms with Crippen LogP contribution in [0.15, 0.2) is 24.3 Å². The lowest BCUT2D eigenvalue weighted by Crippen LogP contribution is -2.42. The molecule has 5 nitrogen and oxygen atoms in total. The lowest BCUT2D eigenvalue weighted by atomic mass is 10.2. The van der Waals surface area contributed by atoms with Gasteiger partial charge < -0.3 is 5.32 Å². The normalized spacial score (nSPS) is 13.2. The Kier molecular flexibility index (Phi) is 5.64. The first-order valence-corrected chi connectivity index (χ1v) is 8.11. The monoisotopic (exact) mass is 302 g/mol. The van der Waals surface area contributed by atoms with Gasteiger partial charge in [0.25, 0.3) is 0 Å². The third-order valence-corrected chi connectivity index (χ3v) is 4.26. The van der Waals surface area contributed by atoms with Crippen molar-refractivity contribution >= 4 is 21.6 Å². The summed E-state index contributed by atoms with van der Waals surface area (Å²) >= 11 is 0. The molecule has 112 valence electrons. The predicted octanol–water partition coefficient (Wildman–Crippen LogP) is 1.82. The molecule has 20 heavy (non-hydrogen) atoms. The molecule has 0 aliphatic carbocycles. The molecule has 0 saturated heterocycles. The Labute approximate surface area is 118 Å². The predicted molar refractivity (Wildman–Crippen MR) is 76.3 cm³/mol. The van der Waals surface area contributed by atoms with Crippen molar-refractivity contribution in [2.45, 2.75) is 26.3 Å². The number of carbonyl (C=O) groups is 1. The van der Waals surface area contributed by atoms with Gasteiger partial charge in [-0.2, -0.15) is 4.31 Å². The van der Waals surface area contributed by atoms with E-state index in [0.717, 1.165) is 10.6 Å². The Balaban J connectivity index is 2.77. The Hall–Kier alpha value is -1.47. The van der Waals surface area contributed by atoms with E-state index in [1.54, 1.807) is 6.92 Å². The number of carbonyl (C=O) groups excluding carboxylic acids is 1. The summed E-state index contributed by atoms with van der Waals surface area (Å²) in [5.41, 5.74) is 0.299. The number of nitrogens with one attached hydrogen (secondary N) is 1. The van der Waals surface area contributed by atoms with Crippen LogP contribution in [0.25, 0.3) is 0 Å². The van der Waals surface area contributed by atoms with Gasteiger partial charge in [-0.3, -0.25) is 4.79 Å². The van der Waals surface area contributed by atoms with Gasteiger partial charge in [0.05, 0.1) is 12.8 Å². The fourth-order valence-corrected chi connectivity index (χ4v) is 2.87. The van der Waals surface area contributed by atoms with Gasteiger partial charge in [-0.1, -0.05) is 13.0 Å². The highest BCUT2D eigenvalue weighted by atomic mass is 32.2. The topological polar surface area (TPSA) is 66.5 Å². The van der Waals surface area contributed by atoms with Crippen LogP contribution in [-0.4, -0.2) is 37.5 Å². The van der Waals surface area contributed by atoms with Crippen LogP contribution in [0, 0.1) is 5.82 Å². The van der Waals surface area contributed by atoms with Crippen LogP contribution in [0.5, 0.6) is 0 Å². The van der Waals surface area contributed by atoms with Gasteiger partial charge in [0.15, 0.2) is 0 Å². The molecule has 0 saturated carbocycles. The first-order valence-electron chi connectivity index (χ1n) is 6.26. The van der Waals surface area contributed by atoms with Crippen molar-refractivity contribution < 1.29 is 17.6 Å². The Bertz CT molecular complexity index is 575. The van der Waals surface area contributed by atoms with Crippen LogP contribution in [0.1, 0.15) is 20.3 Å². The van der Waals surface area contributed by atoms with Crippen molar-refractivity contribution in [1.29, 1.82) is 0 Å². The molecule has 0 radical (unpaired) electrons. The average molecular weight is 302 g/mol. The van der Waals surface area contributed by atoms with E-state index in [1.807, 2.05) is 6.92 Å². The number of hydrogen-bond donors (Lipinski definition) is 1. The summed E-state index contributed by atoms with van der Waals surface area (Å²) in [7, 11) is -3.47. The Morgan fingerprint density at radius 2 is 2.10 bits per heavy atom. The molecular formula is C13H19FN2O3S. The summed E-state index contributed by atoms with van der Waals surface area (Å²) in [6, 6.07) is 5.16. The van der Waals surface area contributed by atoms with Crippen molar-refractivity contribution in [3.05, 3.63) is 30.1 Å². The maximum Gasteiger partial charge on any atom is 0.239 e. The third-order valence-electron chi connectivity index (χ3n) is 2.92. The molecule has 0 aliphatic rings. The molecule has 7 heteroatoms. The molecule has 1 atom stereocenters. The minimum absolute atomic E-state index is 0.275. The van der Waals surface area contributed by atoms with E-state index in [9.17, 15) is 17.6 Å². The number of nitrogens with zero attached hydrogens (tertiary/aromatic N) is 1. The summed E-state index contributed by atoms with van der Waals surface area (Å²) in [6.07, 6.45) is 1.66. The minimum atomic E-state index is -3.47. The van der Waals surface area contributed by atoms with Crippen LogP contribution >= 0.6 is 0 Å². The zero-order valence-electron chi connectivity index (χ0n) is 11.8. The summed E-state index contributed by atoms with van der Waals surface area (Å²) < 4.78 is 37.4. The van der Waals surface area contributed by atoms with E-state index in [0.29, 0.717) is 12.1 Å². The molecule has 0 aromatic heterocycles. The van der Waals surface area contributed by atoms with Crippen LogP contribution in [0.4, 0.5) is 10.1 Å². The van der Waals surface area contributed by atoms with Crippen LogP contribution < -0.4 is 5.32 Å². The van der Waals surface area contributed by atoms with Crippen molar-refractivity contribution in [1.82, 2.24) is 4.31 Å². The molecule has 1 rings (SSSR count). The van der Waals surface area contributed by atoms with Crippen LogP contribution in [-0.2, 0) is 14.8 Å². The molecule has 0 fully saturated rings. The second-order valence-corrected chi connectivity index (χ2v) is 6.56. The average Bonchev–Trinajstić information content (AvgIpc) is 2.33. The van der Waals surface area contributed by atoms with Gasteiger partial charge in [-0.05, 0) is 31.5 Å². The molecule has 0 bridgehead atoms. The molecule has 1 amide bonds. The lowest BCUT2D eigenvalue weighted by molar-refractivity contribution is -0.116. The molecular weight excluding hydrogens is 283 g/mol. The van der Waals surface area contributed by atoms with Gasteiger partial charge in [0.1, 0.15) is 5.82 Å². The third kappa shape index (κ3) is 4.90. The van der Waals surface area contributed by atoms with E-state index in [-0.39, 0.29) is 12.6 Å². The first kappa shape index (κ1) is 16.6. The second-order valence-electron chi connectivity index (χ2n) is 4.62. The maximum absolute atomic E-state index is 13.0. The molecule has 0 spiro atoms. The number of hydrogen-bond acceptors (Lipinski definition) is 3. The molecule has 1 unspecified atom stereocenters. The number of halogens is 1. The fourth-order valence-electron chi connectivity index (χ4n) is 1.71. The zero-order chi connectivity index (χ0) is 15.3. The zero-order valence-corrected chi connectivity index (χ0v) is 12.6. The van der Waals surface area contributed by atoms with Gasteiger partial charge >= 0.3 is 0 Å². The van der Waals surface area contributed by atoms with Crippen molar-refractivity contribution in [2.75, 3.05) is 18.1 Å². The fraction of sp³-hybridized carbons (Fsp3) is 0.462. The maximum atomic E-state index is 13.0. The Morgan fingerprint density at radius 3 is 2.60 bits per heavy atom. The minimum Gasteiger partial charge on any atom is -0.325 e. The highest BCUT2D eigenvalue weighted by Gasteiger charge is 2.24. The van der Waals surface area contributed by atoms with E-state index in [1.165, 1.54) is 24.3 Å². The quantitative estimate of drug-likeness (QED) is 0.871. The summed E-state index contributed by atoms with van der Waals surface area (Å²) in [5, 5.41) is 2.48. The highest BCUT2D eigenvalue weighted by molar-refractivity contribution is 7.88. The van der Waals surface area contributed by atoms with Crippen molar-refractivity contribution in [3.8, 4) is 0 Å². The second kappa shape index (κ2) is 6.81. The standard InChI is InChI=1S/C13H19FN2O3S/c1-4-10(2)16(20(3,18)19)9-13(17)15-12-7-5-6-11(14)8-12/h5-8,10H,4,9H2,1-3H3,(H,15,17). The Morgan fingerprint density at radius 1 is 1.45 bits per heavy atom. The highest BCUT2D eigenvalue weighted by Crippen LogP contribution is 2.11. The number of rotatable bonds is 6. The van der Waals surface area contributed by atoms with Gasteiger partial charge in [0, 0.05) is 11.7 Å². The SMILES string of the molecule is CCC(C)N(CC(=O)Nc1cccc(F)c1)S(C)(=O)=O. The smallest absolute Gasteiger partial charge is 0.239 e. The van der Waals surface area contributed by atoms with Gasteiger partial charge in [-0.25, -0.2) is 12.8 Å². The number of sulfonamides is 1. The van der Waals surface area contributed by atoms with E-state index in [2.05, 4.69) is 5.32 Å². The van der Waals surface area contributed by atoms with E-state index < -0.39 is 21.7 Å². The molecule has 1 aromatic rings. The van der Waals surface area contributed by atoms with Crippen molar-refractivity contribution in [2.24, 2.45) is 0 Å². The largest absolute Gasteiger partial charge is 0.325 e. The van der Waals surface area contributed by atoms with Gasteiger partial charge in [0.2, 0.25) is 15.9 Å². The summed E-state index contributed by atoms with van der Waals surface area (Å²) in [4.78, 5) is 11.9. The van der Waals surface area contributed by atoms with E-state index >= 15 is 0 Å². The summed E-state index contributed by atoms with van der Waals surface area (Å²) in [5.74, 6) is -0.967. The van der Waals surface area contributed by atoms with Crippen molar-refractivity contribution in [3.63, 3.8) is 0 Å². The van der Waals surface area contributed by atoms with Crippen LogP contribution in [0.2, 0.25) is 0 Å². The molecule has 1 N–H and O–H groups in total. The number of anilines is 1. The van der Waals surface area contributed by atoms with Crippen LogP contribution in [0.3, 0.4) is 0 Å². The molecule has 0 heterocycles. The first-order chi connectivity index (χ1) is 9.24. The number of benzene rings is 1. The summed E-state index contributed by atoms with van der Waals surface area (Å²) in [6.45, 7) is 3.29. The molecule has 1 aromatic carbocycles. The van der Waals surface area contributed by atoms with Gasteiger partial charge in [-0.15, -0.1) is 0 Å². The van der Waals surface area contributed by atoms with E-state index in [4.69, 9.17) is 0 Å². The molecule has 0 aliphatic heterocycles. The number of amides is 1.